The molecule has 0 spiro atoms. The van der Waals surface area contributed by atoms with E-state index in [-0.39, 0.29) is 11.4 Å². The molecule has 116 valence electrons. The van der Waals surface area contributed by atoms with Crippen LogP contribution < -0.4 is 5.56 Å². The Bertz CT molecular complexity index is 1100. The maximum atomic E-state index is 13.2. The summed E-state index contributed by atoms with van der Waals surface area (Å²) in [4.78, 5) is 17.1. The minimum atomic E-state index is -0.312. The molecule has 1 aliphatic heterocycles. The Kier molecular flexibility index (Phi) is 3.47. The third-order valence-electron chi connectivity index (χ3n) is 3.95. The minimum absolute atomic E-state index is 0.0241. The molecular weight excluding hydrogens is 303 g/mol. The molecule has 0 amide bonds. The molecule has 24 heavy (non-hydrogen) atoms. The fourth-order valence-corrected chi connectivity index (χ4v) is 2.76. The molecule has 4 heteroatoms. The molecule has 1 aliphatic rings. The smallest absolute Gasteiger partial charge is 0.261 e. The zero-order valence-corrected chi connectivity index (χ0v) is 12.8. The van der Waals surface area contributed by atoms with Crippen molar-refractivity contribution in [2.75, 3.05) is 0 Å². The number of hydrogen-bond acceptors (Lipinski definition) is 2. The molecule has 2 aromatic carbocycles. The van der Waals surface area contributed by atoms with E-state index < -0.39 is 0 Å². The van der Waals surface area contributed by atoms with Crippen molar-refractivity contribution in [1.29, 1.82) is 0 Å². The molecule has 0 unspecified atom stereocenters. The lowest BCUT2D eigenvalue weighted by atomic mass is 10.1. The quantitative estimate of drug-likeness (QED) is 0.596. The largest absolute Gasteiger partial charge is 0.292 e. The van der Waals surface area contributed by atoms with E-state index in [4.69, 9.17) is 0 Å². The summed E-state index contributed by atoms with van der Waals surface area (Å²) in [6, 6.07) is 11.5. The summed E-state index contributed by atoms with van der Waals surface area (Å²) in [5, 5.41) is 0.588. The van der Waals surface area contributed by atoms with E-state index in [1.807, 2.05) is 12.2 Å². The highest BCUT2D eigenvalue weighted by Crippen LogP contribution is 2.14. The summed E-state index contributed by atoms with van der Waals surface area (Å²) < 4.78 is 14.9. The molecule has 4 rings (SSSR count). The van der Waals surface area contributed by atoms with Crippen molar-refractivity contribution in [2.45, 2.75) is 13.0 Å². The first-order chi connectivity index (χ1) is 11.7. The number of benzene rings is 2. The Hall–Kier alpha value is -3.19. The number of halogens is 1. The zero-order valence-electron chi connectivity index (χ0n) is 12.8. The first-order valence-electron chi connectivity index (χ1n) is 7.69. The van der Waals surface area contributed by atoms with Crippen LogP contribution in [0.3, 0.4) is 0 Å². The molecule has 0 fully saturated rings. The maximum absolute atomic E-state index is 13.2. The van der Waals surface area contributed by atoms with E-state index in [0.717, 1.165) is 12.0 Å². The van der Waals surface area contributed by atoms with Crippen LogP contribution in [-0.2, 0) is 6.54 Å². The normalized spacial score (nSPS) is 12.5. The lowest BCUT2D eigenvalue weighted by Crippen LogP contribution is -2.25. The Morgan fingerprint density at radius 2 is 1.92 bits per heavy atom. The van der Waals surface area contributed by atoms with Crippen molar-refractivity contribution >= 4 is 17.0 Å². The molecule has 3 nitrogen and oxygen atoms in total. The van der Waals surface area contributed by atoms with E-state index in [0.29, 0.717) is 28.8 Å². The van der Waals surface area contributed by atoms with Crippen LogP contribution in [0.1, 0.15) is 23.4 Å². The minimum Gasteiger partial charge on any atom is -0.292 e. The third-order valence-corrected chi connectivity index (χ3v) is 3.95. The number of fused-ring (bicyclic) bond motifs is 2. The van der Waals surface area contributed by atoms with E-state index >= 15 is 0 Å². The summed E-state index contributed by atoms with van der Waals surface area (Å²) in [6.07, 6.45) is 4.73. The Morgan fingerprint density at radius 3 is 2.75 bits per heavy atom. The molecule has 0 atom stereocenters. The van der Waals surface area contributed by atoms with Crippen LogP contribution in [-0.4, -0.2) is 9.55 Å². The van der Waals surface area contributed by atoms with Crippen molar-refractivity contribution < 1.29 is 4.39 Å². The Balaban J connectivity index is 1.80. The van der Waals surface area contributed by atoms with Gasteiger partial charge in [-0.15, -0.1) is 0 Å². The molecule has 0 N–H and O–H groups in total. The molecular formula is C20H13FN2O. The second kappa shape index (κ2) is 5.78. The van der Waals surface area contributed by atoms with Gasteiger partial charge in [0, 0.05) is 17.7 Å². The second-order valence-electron chi connectivity index (χ2n) is 5.61. The number of hydrogen-bond donors (Lipinski definition) is 0. The highest BCUT2D eigenvalue weighted by Gasteiger charge is 2.11. The Labute approximate surface area is 138 Å². The summed E-state index contributed by atoms with van der Waals surface area (Å²) in [5.41, 5.74) is 1.95. The van der Waals surface area contributed by atoms with E-state index in [1.165, 1.54) is 12.1 Å². The number of allylic oxidation sites excluding steroid dienone is 1. The number of rotatable bonds is 0. The van der Waals surface area contributed by atoms with E-state index in [2.05, 4.69) is 16.8 Å². The van der Waals surface area contributed by atoms with Gasteiger partial charge in [0.15, 0.2) is 0 Å². The average molecular weight is 316 g/mol. The monoisotopic (exact) mass is 316 g/mol. The molecule has 0 saturated heterocycles. The van der Waals surface area contributed by atoms with Gasteiger partial charge in [-0.05, 0) is 48.9 Å². The highest BCUT2D eigenvalue weighted by atomic mass is 19.1. The van der Waals surface area contributed by atoms with Gasteiger partial charge in [-0.25, -0.2) is 9.37 Å². The van der Waals surface area contributed by atoms with Gasteiger partial charge in [0.1, 0.15) is 11.6 Å². The van der Waals surface area contributed by atoms with Crippen molar-refractivity contribution in [3.05, 3.63) is 81.7 Å². The van der Waals surface area contributed by atoms with Crippen LogP contribution in [0.25, 0.3) is 17.0 Å². The van der Waals surface area contributed by atoms with Crippen LogP contribution >= 0.6 is 0 Å². The fourth-order valence-electron chi connectivity index (χ4n) is 2.76. The first kappa shape index (κ1) is 14.4. The van der Waals surface area contributed by atoms with Crippen LogP contribution in [0.5, 0.6) is 0 Å². The standard InChI is InChI=1S/C20H13FN2O/c21-16-5-3-4-14(12-16)7-8-15-9-10-17-18(13-15)22-19-6-1-2-11-23(19)20(17)24/h1,3-6,9-10,12-13H,2,11H2. The average Bonchev–Trinajstić information content (AvgIpc) is 2.60. The molecule has 2 heterocycles. The predicted molar refractivity (Wildman–Crippen MR) is 92.0 cm³/mol. The van der Waals surface area contributed by atoms with Crippen molar-refractivity contribution in [2.24, 2.45) is 0 Å². The molecule has 0 radical (unpaired) electrons. The SMILES string of the molecule is O=c1c2ccc(C#Cc3cccc(F)c3)cc2nc2n1CCC=C2. The molecule has 0 saturated carbocycles. The number of aromatic nitrogens is 2. The number of nitrogens with zero attached hydrogens (tertiary/aromatic N) is 2. The van der Waals surface area contributed by atoms with Gasteiger partial charge >= 0.3 is 0 Å². The van der Waals surface area contributed by atoms with Crippen LogP contribution in [0.2, 0.25) is 0 Å². The first-order valence-corrected chi connectivity index (χ1v) is 7.69. The second-order valence-corrected chi connectivity index (χ2v) is 5.61. The van der Waals surface area contributed by atoms with Gasteiger partial charge in [-0.2, -0.15) is 0 Å². The van der Waals surface area contributed by atoms with Crippen LogP contribution in [0.15, 0.2) is 53.3 Å². The van der Waals surface area contributed by atoms with E-state index in [1.54, 1.807) is 34.9 Å². The van der Waals surface area contributed by atoms with Gasteiger partial charge in [0.05, 0.1) is 10.9 Å². The molecule has 0 aliphatic carbocycles. The summed E-state index contributed by atoms with van der Waals surface area (Å²) in [5.74, 6) is 6.29. The lowest BCUT2D eigenvalue weighted by Gasteiger charge is -2.13. The van der Waals surface area contributed by atoms with Crippen LogP contribution in [0, 0.1) is 17.7 Å². The summed E-state index contributed by atoms with van der Waals surface area (Å²) in [7, 11) is 0. The maximum Gasteiger partial charge on any atom is 0.261 e. The van der Waals surface area contributed by atoms with Gasteiger partial charge in [0.2, 0.25) is 0 Å². The highest BCUT2D eigenvalue weighted by molar-refractivity contribution is 5.80. The molecule has 1 aromatic heterocycles. The van der Waals surface area contributed by atoms with Crippen molar-refractivity contribution in [3.63, 3.8) is 0 Å². The topological polar surface area (TPSA) is 34.9 Å². The van der Waals surface area contributed by atoms with Crippen molar-refractivity contribution in [1.82, 2.24) is 9.55 Å². The predicted octanol–water partition coefficient (Wildman–Crippen LogP) is 3.35. The zero-order chi connectivity index (χ0) is 16.5. The molecule has 0 bridgehead atoms. The molecule has 3 aromatic rings. The lowest BCUT2D eigenvalue weighted by molar-refractivity contribution is 0.627. The van der Waals surface area contributed by atoms with Gasteiger partial charge in [-0.3, -0.25) is 9.36 Å². The third kappa shape index (κ3) is 2.61. The Morgan fingerprint density at radius 1 is 1.08 bits per heavy atom. The summed E-state index contributed by atoms with van der Waals surface area (Å²) >= 11 is 0. The van der Waals surface area contributed by atoms with Gasteiger partial charge in [-0.1, -0.05) is 24.0 Å². The van der Waals surface area contributed by atoms with Crippen LogP contribution in [0.4, 0.5) is 4.39 Å². The van der Waals surface area contributed by atoms with Gasteiger partial charge < -0.3 is 0 Å². The fraction of sp³-hybridized carbons (Fsp3) is 0.100. The van der Waals surface area contributed by atoms with E-state index in [9.17, 15) is 9.18 Å². The summed E-state index contributed by atoms with van der Waals surface area (Å²) in [6.45, 7) is 0.661. The van der Waals surface area contributed by atoms with Crippen molar-refractivity contribution in [3.8, 4) is 11.8 Å². The van der Waals surface area contributed by atoms with Gasteiger partial charge in [0.25, 0.3) is 5.56 Å².